The Morgan fingerprint density at radius 3 is 2.94 bits per heavy atom. The van der Waals surface area contributed by atoms with Gasteiger partial charge in [0.15, 0.2) is 0 Å². The zero-order valence-corrected chi connectivity index (χ0v) is 11.3. The molecule has 0 aromatic carbocycles. The fourth-order valence-corrected chi connectivity index (χ4v) is 3.19. The second-order valence-corrected chi connectivity index (χ2v) is 5.52. The molecule has 2 rings (SSSR count). The van der Waals surface area contributed by atoms with E-state index in [9.17, 15) is 0 Å². The molecule has 1 aliphatic carbocycles. The zero-order valence-electron chi connectivity index (χ0n) is 11.3. The predicted molar refractivity (Wildman–Crippen MR) is 74.3 cm³/mol. The standard InChI is InChI=1S/C15H28N2/c1-2-11-16-13-15-10-6-7-12-17(15)14-8-4-3-5-9-14/h4,8,14-16H,2-3,5-7,9-13H2,1H3. The van der Waals surface area contributed by atoms with Crippen molar-refractivity contribution in [1.82, 2.24) is 10.2 Å². The normalized spacial score (nSPS) is 30.6. The molecular weight excluding hydrogens is 208 g/mol. The molecule has 0 aromatic rings. The first-order valence-electron chi connectivity index (χ1n) is 7.55. The highest BCUT2D eigenvalue weighted by molar-refractivity contribution is 5.01. The summed E-state index contributed by atoms with van der Waals surface area (Å²) in [5.74, 6) is 0. The minimum atomic E-state index is 0.734. The Kier molecular flexibility index (Phi) is 5.53. The fourth-order valence-electron chi connectivity index (χ4n) is 3.19. The van der Waals surface area contributed by atoms with Gasteiger partial charge in [0.2, 0.25) is 0 Å². The first kappa shape index (κ1) is 13.1. The molecule has 2 nitrogen and oxygen atoms in total. The summed E-state index contributed by atoms with van der Waals surface area (Å²) in [4.78, 5) is 2.77. The van der Waals surface area contributed by atoms with Gasteiger partial charge in [-0.25, -0.2) is 0 Å². The quantitative estimate of drug-likeness (QED) is 0.583. The van der Waals surface area contributed by atoms with Crippen molar-refractivity contribution in [2.75, 3.05) is 19.6 Å². The average molecular weight is 236 g/mol. The summed E-state index contributed by atoms with van der Waals surface area (Å²) in [5, 5.41) is 3.61. The lowest BCUT2D eigenvalue weighted by Gasteiger charge is -2.41. The third-order valence-electron chi connectivity index (χ3n) is 4.13. The first-order valence-corrected chi connectivity index (χ1v) is 7.55. The summed E-state index contributed by atoms with van der Waals surface area (Å²) in [5.41, 5.74) is 0. The number of likely N-dealkylation sites (tertiary alicyclic amines) is 1. The third kappa shape index (κ3) is 3.82. The lowest BCUT2D eigenvalue weighted by Crippen LogP contribution is -2.50. The van der Waals surface area contributed by atoms with E-state index in [1.165, 1.54) is 64.6 Å². The number of hydrogen-bond donors (Lipinski definition) is 1. The molecule has 0 aromatic heterocycles. The summed E-state index contributed by atoms with van der Waals surface area (Å²) in [6.45, 7) is 5.92. The van der Waals surface area contributed by atoms with E-state index >= 15 is 0 Å². The Morgan fingerprint density at radius 2 is 2.18 bits per heavy atom. The van der Waals surface area contributed by atoms with E-state index < -0.39 is 0 Å². The van der Waals surface area contributed by atoms with E-state index in [2.05, 4.69) is 29.3 Å². The number of nitrogens with zero attached hydrogens (tertiary/aromatic N) is 1. The van der Waals surface area contributed by atoms with Crippen LogP contribution in [0.3, 0.4) is 0 Å². The molecule has 1 heterocycles. The molecule has 0 radical (unpaired) electrons. The van der Waals surface area contributed by atoms with Gasteiger partial charge < -0.3 is 5.32 Å². The van der Waals surface area contributed by atoms with Crippen LogP contribution in [0.25, 0.3) is 0 Å². The molecule has 1 aliphatic heterocycles. The van der Waals surface area contributed by atoms with Gasteiger partial charge in [-0.2, -0.15) is 0 Å². The van der Waals surface area contributed by atoms with Gasteiger partial charge in [0.05, 0.1) is 0 Å². The Balaban J connectivity index is 1.86. The smallest absolute Gasteiger partial charge is 0.0281 e. The molecule has 98 valence electrons. The lowest BCUT2D eigenvalue weighted by molar-refractivity contribution is 0.107. The maximum atomic E-state index is 3.61. The van der Waals surface area contributed by atoms with Gasteiger partial charge in [0, 0.05) is 18.6 Å². The molecule has 1 N–H and O–H groups in total. The number of nitrogens with one attached hydrogen (secondary N) is 1. The largest absolute Gasteiger partial charge is 0.315 e. The SMILES string of the molecule is CCCNCC1CCCCN1C1C=CCCC1. The van der Waals surface area contributed by atoms with E-state index in [0.717, 1.165) is 12.1 Å². The van der Waals surface area contributed by atoms with Gasteiger partial charge in [0.25, 0.3) is 0 Å². The van der Waals surface area contributed by atoms with Crippen LogP contribution in [0.2, 0.25) is 0 Å². The van der Waals surface area contributed by atoms with E-state index in [-0.39, 0.29) is 0 Å². The highest BCUT2D eigenvalue weighted by atomic mass is 15.2. The van der Waals surface area contributed by atoms with Crippen LogP contribution in [0.4, 0.5) is 0 Å². The van der Waals surface area contributed by atoms with Gasteiger partial charge in [-0.1, -0.05) is 25.5 Å². The molecular formula is C15H28N2. The van der Waals surface area contributed by atoms with Crippen LogP contribution in [0.5, 0.6) is 0 Å². The molecule has 1 fully saturated rings. The van der Waals surface area contributed by atoms with Crippen molar-refractivity contribution in [1.29, 1.82) is 0 Å². The minimum Gasteiger partial charge on any atom is -0.315 e. The summed E-state index contributed by atoms with van der Waals surface area (Å²) in [7, 11) is 0. The highest BCUT2D eigenvalue weighted by Gasteiger charge is 2.27. The van der Waals surface area contributed by atoms with Gasteiger partial charge in [0.1, 0.15) is 0 Å². The lowest BCUT2D eigenvalue weighted by atomic mass is 9.94. The fraction of sp³-hybridized carbons (Fsp3) is 0.867. The molecule has 0 amide bonds. The van der Waals surface area contributed by atoms with Crippen LogP contribution in [0, 0.1) is 0 Å². The first-order chi connectivity index (χ1) is 8.42. The Hall–Kier alpha value is -0.340. The van der Waals surface area contributed by atoms with Crippen molar-refractivity contribution in [3.8, 4) is 0 Å². The van der Waals surface area contributed by atoms with Crippen molar-refractivity contribution in [2.45, 2.75) is 64.0 Å². The van der Waals surface area contributed by atoms with Gasteiger partial charge in [-0.05, 0) is 51.6 Å². The maximum absolute atomic E-state index is 3.61. The molecule has 2 atom stereocenters. The topological polar surface area (TPSA) is 15.3 Å². The van der Waals surface area contributed by atoms with E-state index in [1.807, 2.05) is 0 Å². The summed E-state index contributed by atoms with van der Waals surface area (Å²) in [6, 6.07) is 1.51. The van der Waals surface area contributed by atoms with Crippen molar-refractivity contribution in [2.24, 2.45) is 0 Å². The van der Waals surface area contributed by atoms with Gasteiger partial charge >= 0.3 is 0 Å². The second-order valence-electron chi connectivity index (χ2n) is 5.52. The van der Waals surface area contributed by atoms with Crippen LogP contribution >= 0.6 is 0 Å². The maximum Gasteiger partial charge on any atom is 0.0281 e. The molecule has 0 saturated carbocycles. The average Bonchev–Trinajstić information content (AvgIpc) is 2.41. The van der Waals surface area contributed by atoms with Gasteiger partial charge in [-0.3, -0.25) is 4.90 Å². The number of allylic oxidation sites excluding steroid dienone is 1. The van der Waals surface area contributed by atoms with Crippen LogP contribution in [-0.4, -0.2) is 36.6 Å². The van der Waals surface area contributed by atoms with Crippen LogP contribution in [0.15, 0.2) is 12.2 Å². The predicted octanol–water partition coefficient (Wildman–Crippen LogP) is 2.95. The van der Waals surface area contributed by atoms with Crippen molar-refractivity contribution >= 4 is 0 Å². The second kappa shape index (κ2) is 7.17. The Morgan fingerprint density at radius 1 is 1.24 bits per heavy atom. The zero-order chi connectivity index (χ0) is 11.9. The van der Waals surface area contributed by atoms with Crippen LogP contribution in [-0.2, 0) is 0 Å². The summed E-state index contributed by atoms with van der Waals surface area (Å²) in [6.07, 6.45) is 14.4. The Bertz CT molecular complexity index is 237. The highest BCUT2D eigenvalue weighted by Crippen LogP contribution is 2.24. The molecule has 2 aliphatic rings. The van der Waals surface area contributed by atoms with E-state index in [0.29, 0.717) is 0 Å². The molecule has 0 spiro atoms. The van der Waals surface area contributed by atoms with Crippen molar-refractivity contribution in [3.05, 3.63) is 12.2 Å². The number of hydrogen-bond acceptors (Lipinski definition) is 2. The molecule has 2 unspecified atom stereocenters. The van der Waals surface area contributed by atoms with Crippen molar-refractivity contribution < 1.29 is 0 Å². The summed E-state index contributed by atoms with van der Waals surface area (Å²) < 4.78 is 0. The monoisotopic (exact) mass is 236 g/mol. The van der Waals surface area contributed by atoms with Crippen LogP contribution in [0.1, 0.15) is 51.9 Å². The Labute approximate surface area is 106 Å². The molecule has 17 heavy (non-hydrogen) atoms. The molecule has 0 bridgehead atoms. The summed E-state index contributed by atoms with van der Waals surface area (Å²) >= 11 is 0. The number of piperidine rings is 1. The van der Waals surface area contributed by atoms with Gasteiger partial charge in [-0.15, -0.1) is 0 Å². The van der Waals surface area contributed by atoms with Crippen molar-refractivity contribution in [3.63, 3.8) is 0 Å². The van der Waals surface area contributed by atoms with Crippen LogP contribution < -0.4 is 5.32 Å². The molecule has 2 heteroatoms. The third-order valence-corrected chi connectivity index (χ3v) is 4.13. The minimum absolute atomic E-state index is 0.734. The van der Waals surface area contributed by atoms with E-state index in [4.69, 9.17) is 0 Å². The molecule has 1 saturated heterocycles. The van der Waals surface area contributed by atoms with E-state index in [1.54, 1.807) is 0 Å². The number of rotatable bonds is 5.